The Balaban J connectivity index is 1.52. The molecule has 1 aliphatic rings. The predicted octanol–water partition coefficient (Wildman–Crippen LogP) is 4.27. The Kier molecular flexibility index (Phi) is 5.21. The third-order valence-corrected chi connectivity index (χ3v) is 5.66. The van der Waals surface area contributed by atoms with Crippen LogP contribution in [0.15, 0.2) is 53.0 Å². The Morgan fingerprint density at radius 2 is 1.82 bits per heavy atom. The van der Waals surface area contributed by atoms with Crippen LogP contribution in [0, 0.1) is 0 Å². The molecular weight excluding hydrogens is 358 g/mol. The number of rotatable bonds is 4. The van der Waals surface area contributed by atoms with Crippen LogP contribution in [0.1, 0.15) is 16.7 Å². The molecule has 114 valence electrons. The molecule has 0 atom stereocenters. The number of carbonyl (C=O) groups is 1. The SMILES string of the molecule is O=C(CSCc1ccccc1Br)N1CCc2ccccc2C1. The van der Waals surface area contributed by atoms with Gasteiger partial charge in [-0.2, -0.15) is 0 Å². The molecule has 3 rings (SSSR count). The van der Waals surface area contributed by atoms with Crippen molar-refractivity contribution in [3.05, 3.63) is 69.7 Å². The van der Waals surface area contributed by atoms with Crippen molar-refractivity contribution in [1.29, 1.82) is 0 Å². The summed E-state index contributed by atoms with van der Waals surface area (Å²) in [6, 6.07) is 16.6. The average molecular weight is 376 g/mol. The second-order valence-electron chi connectivity index (χ2n) is 5.42. The van der Waals surface area contributed by atoms with Gasteiger partial charge in [-0.15, -0.1) is 11.8 Å². The Morgan fingerprint density at radius 3 is 2.64 bits per heavy atom. The maximum atomic E-state index is 12.4. The Hall–Kier alpha value is -1.26. The van der Waals surface area contributed by atoms with Crippen molar-refractivity contribution >= 4 is 33.6 Å². The summed E-state index contributed by atoms with van der Waals surface area (Å²) < 4.78 is 1.11. The molecule has 4 heteroatoms. The zero-order valence-corrected chi connectivity index (χ0v) is 14.7. The minimum Gasteiger partial charge on any atom is -0.337 e. The van der Waals surface area contributed by atoms with E-state index in [0.717, 1.165) is 29.7 Å². The summed E-state index contributed by atoms with van der Waals surface area (Å²) in [6.45, 7) is 1.59. The van der Waals surface area contributed by atoms with Crippen LogP contribution < -0.4 is 0 Å². The summed E-state index contributed by atoms with van der Waals surface area (Å²) in [6.07, 6.45) is 0.969. The fraction of sp³-hybridized carbons (Fsp3) is 0.278. The molecule has 1 aliphatic heterocycles. The number of halogens is 1. The van der Waals surface area contributed by atoms with Gasteiger partial charge in [0.1, 0.15) is 0 Å². The maximum Gasteiger partial charge on any atom is 0.232 e. The second-order valence-corrected chi connectivity index (χ2v) is 7.26. The molecule has 0 aliphatic carbocycles. The molecular formula is C18H18BrNOS. The Bertz CT molecular complexity index is 674. The molecule has 0 spiro atoms. The lowest BCUT2D eigenvalue weighted by Crippen LogP contribution is -2.37. The molecule has 0 saturated carbocycles. The first-order valence-corrected chi connectivity index (χ1v) is 9.34. The predicted molar refractivity (Wildman–Crippen MR) is 95.9 cm³/mol. The largest absolute Gasteiger partial charge is 0.337 e. The molecule has 1 heterocycles. The number of fused-ring (bicyclic) bond motifs is 1. The zero-order chi connectivity index (χ0) is 15.4. The molecule has 0 fully saturated rings. The average Bonchev–Trinajstić information content (AvgIpc) is 2.56. The van der Waals surface area contributed by atoms with Gasteiger partial charge in [-0.3, -0.25) is 4.79 Å². The number of carbonyl (C=O) groups excluding carboxylic acids is 1. The fourth-order valence-corrected chi connectivity index (χ4v) is 4.21. The van der Waals surface area contributed by atoms with Crippen LogP contribution >= 0.6 is 27.7 Å². The number of hydrogen-bond acceptors (Lipinski definition) is 2. The van der Waals surface area contributed by atoms with Gasteiger partial charge >= 0.3 is 0 Å². The van der Waals surface area contributed by atoms with E-state index in [4.69, 9.17) is 0 Å². The highest BCUT2D eigenvalue weighted by Gasteiger charge is 2.20. The summed E-state index contributed by atoms with van der Waals surface area (Å²) in [5.74, 6) is 1.65. The monoisotopic (exact) mass is 375 g/mol. The van der Waals surface area contributed by atoms with Gasteiger partial charge in [-0.25, -0.2) is 0 Å². The van der Waals surface area contributed by atoms with Crippen LogP contribution in [-0.2, 0) is 23.5 Å². The van der Waals surface area contributed by atoms with E-state index in [9.17, 15) is 4.79 Å². The van der Waals surface area contributed by atoms with Crippen LogP contribution in [0.25, 0.3) is 0 Å². The van der Waals surface area contributed by atoms with Gasteiger partial charge < -0.3 is 4.90 Å². The zero-order valence-electron chi connectivity index (χ0n) is 12.3. The fourth-order valence-electron chi connectivity index (χ4n) is 2.66. The second kappa shape index (κ2) is 7.34. The third kappa shape index (κ3) is 3.73. The Morgan fingerprint density at radius 1 is 1.09 bits per heavy atom. The number of hydrogen-bond donors (Lipinski definition) is 0. The van der Waals surface area contributed by atoms with Gasteiger partial charge in [-0.05, 0) is 29.2 Å². The summed E-state index contributed by atoms with van der Waals surface area (Å²) in [7, 11) is 0. The molecule has 22 heavy (non-hydrogen) atoms. The Labute approximate surface area is 144 Å². The van der Waals surface area contributed by atoms with Crippen LogP contribution in [0.3, 0.4) is 0 Å². The van der Waals surface area contributed by atoms with E-state index in [1.165, 1.54) is 16.7 Å². The van der Waals surface area contributed by atoms with E-state index in [0.29, 0.717) is 5.75 Å². The van der Waals surface area contributed by atoms with E-state index in [1.807, 2.05) is 23.1 Å². The van der Waals surface area contributed by atoms with E-state index >= 15 is 0 Å². The molecule has 0 bridgehead atoms. The molecule has 0 N–H and O–H groups in total. The van der Waals surface area contributed by atoms with Crippen molar-refractivity contribution in [2.75, 3.05) is 12.3 Å². The maximum absolute atomic E-state index is 12.4. The molecule has 0 aromatic heterocycles. The van der Waals surface area contributed by atoms with E-state index in [1.54, 1.807) is 11.8 Å². The van der Waals surface area contributed by atoms with Crippen molar-refractivity contribution in [3.8, 4) is 0 Å². The molecule has 1 amide bonds. The molecule has 2 aromatic carbocycles. The van der Waals surface area contributed by atoms with Gasteiger partial charge in [0, 0.05) is 23.3 Å². The van der Waals surface area contributed by atoms with Crippen molar-refractivity contribution in [2.24, 2.45) is 0 Å². The van der Waals surface area contributed by atoms with E-state index in [-0.39, 0.29) is 5.91 Å². The first-order valence-electron chi connectivity index (χ1n) is 7.40. The summed E-state index contributed by atoms with van der Waals surface area (Å²) in [4.78, 5) is 14.4. The smallest absolute Gasteiger partial charge is 0.232 e. The normalized spacial score (nSPS) is 13.8. The lowest BCUT2D eigenvalue weighted by atomic mass is 10.00. The van der Waals surface area contributed by atoms with Crippen molar-refractivity contribution in [1.82, 2.24) is 4.90 Å². The highest BCUT2D eigenvalue weighted by molar-refractivity contribution is 9.10. The minimum absolute atomic E-state index is 0.242. The van der Waals surface area contributed by atoms with Gasteiger partial charge in [0.05, 0.1) is 5.75 Å². The molecule has 0 radical (unpaired) electrons. The van der Waals surface area contributed by atoms with E-state index in [2.05, 4.69) is 46.3 Å². The molecule has 0 unspecified atom stereocenters. The number of amides is 1. The van der Waals surface area contributed by atoms with Crippen LogP contribution in [0.5, 0.6) is 0 Å². The van der Waals surface area contributed by atoms with Crippen LogP contribution in [-0.4, -0.2) is 23.1 Å². The quantitative estimate of drug-likeness (QED) is 0.795. The highest BCUT2D eigenvalue weighted by atomic mass is 79.9. The standard InChI is InChI=1S/C18H18BrNOS/c19-17-8-4-3-7-16(17)12-22-13-18(21)20-10-9-14-5-1-2-6-15(14)11-20/h1-8H,9-13H2. The molecule has 0 saturated heterocycles. The molecule has 2 aromatic rings. The summed E-state index contributed by atoms with van der Waals surface area (Å²) in [5.41, 5.74) is 3.91. The van der Waals surface area contributed by atoms with Crippen molar-refractivity contribution < 1.29 is 4.79 Å². The van der Waals surface area contributed by atoms with Crippen LogP contribution in [0.4, 0.5) is 0 Å². The van der Waals surface area contributed by atoms with Gasteiger partial charge in [0.2, 0.25) is 5.91 Å². The van der Waals surface area contributed by atoms with E-state index < -0.39 is 0 Å². The van der Waals surface area contributed by atoms with Gasteiger partial charge in [-0.1, -0.05) is 58.4 Å². The van der Waals surface area contributed by atoms with Crippen molar-refractivity contribution in [3.63, 3.8) is 0 Å². The number of thioether (sulfide) groups is 1. The van der Waals surface area contributed by atoms with Crippen molar-refractivity contribution in [2.45, 2.75) is 18.7 Å². The number of nitrogens with zero attached hydrogens (tertiary/aromatic N) is 1. The number of benzene rings is 2. The van der Waals surface area contributed by atoms with Crippen LogP contribution in [0.2, 0.25) is 0 Å². The van der Waals surface area contributed by atoms with Gasteiger partial charge in [0.25, 0.3) is 0 Å². The van der Waals surface area contributed by atoms with Gasteiger partial charge in [0.15, 0.2) is 0 Å². The minimum atomic E-state index is 0.242. The lowest BCUT2D eigenvalue weighted by Gasteiger charge is -2.28. The highest BCUT2D eigenvalue weighted by Crippen LogP contribution is 2.23. The molecule has 2 nitrogen and oxygen atoms in total. The lowest BCUT2D eigenvalue weighted by molar-refractivity contribution is -0.129. The first kappa shape index (κ1) is 15.6. The summed E-state index contributed by atoms with van der Waals surface area (Å²) >= 11 is 5.23. The third-order valence-electron chi connectivity index (χ3n) is 3.92. The summed E-state index contributed by atoms with van der Waals surface area (Å²) in [5, 5.41) is 0. The topological polar surface area (TPSA) is 20.3 Å². The first-order chi connectivity index (χ1) is 10.7.